The smallest absolute Gasteiger partial charge is 0.258 e. The predicted molar refractivity (Wildman–Crippen MR) is 82.3 cm³/mol. The van der Waals surface area contributed by atoms with E-state index in [4.69, 9.17) is 21.1 Å². The van der Waals surface area contributed by atoms with Gasteiger partial charge in [-0.3, -0.25) is 4.79 Å². The summed E-state index contributed by atoms with van der Waals surface area (Å²) in [5.41, 5.74) is 1.17. The molecule has 0 aliphatic carbocycles. The Morgan fingerprint density at radius 3 is 3.05 bits per heavy atom. The Bertz CT molecular complexity index is 653. The van der Waals surface area contributed by atoms with Crippen LogP contribution in [0.5, 0.6) is 11.5 Å². The lowest BCUT2D eigenvalue weighted by Crippen LogP contribution is -2.37. The molecule has 6 heteroatoms. The number of hydrogen-bond acceptors (Lipinski definition) is 4. The first-order valence-electron chi connectivity index (χ1n) is 6.97. The molecule has 0 spiro atoms. The minimum Gasteiger partial charge on any atom is -0.488 e. The first-order chi connectivity index (χ1) is 10.7. The molecule has 114 valence electrons. The molecule has 2 aromatic rings. The van der Waals surface area contributed by atoms with Gasteiger partial charge in [-0.15, -0.1) is 0 Å². The van der Waals surface area contributed by atoms with E-state index in [2.05, 4.69) is 10.3 Å². The monoisotopic (exact) mass is 318 g/mol. The number of aromatic nitrogens is 1. The summed E-state index contributed by atoms with van der Waals surface area (Å²) in [4.78, 5) is 15.7. The highest BCUT2D eigenvalue weighted by molar-refractivity contribution is 6.30. The quantitative estimate of drug-likeness (QED) is 0.859. The summed E-state index contributed by atoms with van der Waals surface area (Å²) in [5.74, 6) is 1.06. The van der Waals surface area contributed by atoms with Crippen molar-refractivity contribution in [2.24, 2.45) is 0 Å². The average molecular weight is 319 g/mol. The number of halogens is 1. The molecule has 0 bridgehead atoms. The first kappa shape index (κ1) is 14.7. The van der Waals surface area contributed by atoms with E-state index in [0.29, 0.717) is 12.3 Å². The van der Waals surface area contributed by atoms with E-state index in [9.17, 15) is 4.79 Å². The van der Waals surface area contributed by atoms with Crippen molar-refractivity contribution in [3.8, 4) is 11.5 Å². The van der Waals surface area contributed by atoms with Crippen molar-refractivity contribution >= 4 is 17.5 Å². The molecule has 1 amide bonds. The van der Waals surface area contributed by atoms with E-state index in [1.165, 1.54) is 5.56 Å². The largest absolute Gasteiger partial charge is 0.488 e. The number of fused-ring (bicyclic) bond motifs is 1. The molecule has 5 nitrogen and oxygen atoms in total. The summed E-state index contributed by atoms with van der Waals surface area (Å²) in [6.45, 7) is 0.336. The summed E-state index contributed by atoms with van der Waals surface area (Å²) >= 11 is 5.85. The molecule has 0 radical (unpaired) electrons. The number of carbonyl (C=O) groups excluding carboxylic acids is 1. The van der Waals surface area contributed by atoms with Crippen LogP contribution in [0.25, 0.3) is 0 Å². The molecule has 1 atom stereocenters. The summed E-state index contributed by atoms with van der Waals surface area (Å²) in [5, 5.41) is 3.04. The van der Waals surface area contributed by atoms with Crippen molar-refractivity contribution in [1.29, 1.82) is 0 Å². The van der Waals surface area contributed by atoms with Gasteiger partial charge in [0.15, 0.2) is 17.5 Å². The lowest BCUT2D eigenvalue weighted by Gasteiger charge is -2.12. The molecule has 1 aliphatic rings. The van der Waals surface area contributed by atoms with Gasteiger partial charge in [-0.05, 0) is 23.8 Å². The highest BCUT2D eigenvalue weighted by Gasteiger charge is 2.22. The number of para-hydroxylation sites is 1. The van der Waals surface area contributed by atoms with Gasteiger partial charge < -0.3 is 14.8 Å². The topological polar surface area (TPSA) is 60.5 Å². The molecule has 22 heavy (non-hydrogen) atoms. The van der Waals surface area contributed by atoms with E-state index in [-0.39, 0.29) is 23.8 Å². The second kappa shape index (κ2) is 6.66. The second-order valence-corrected chi connectivity index (χ2v) is 5.29. The third-order valence-electron chi connectivity index (χ3n) is 3.32. The molecule has 1 aromatic carbocycles. The van der Waals surface area contributed by atoms with Crippen LogP contribution in [0.1, 0.15) is 5.56 Å². The molecule has 0 fully saturated rings. The van der Waals surface area contributed by atoms with E-state index in [1.54, 1.807) is 18.3 Å². The minimum atomic E-state index is -0.223. The zero-order valence-corrected chi connectivity index (χ0v) is 12.5. The molecular weight excluding hydrogens is 304 g/mol. The number of nitrogens with one attached hydrogen (secondary N) is 1. The maximum atomic E-state index is 11.8. The van der Waals surface area contributed by atoms with Crippen molar-refractivity contribution < 1.29 is 14.3 Å². The summed E-state index contributed by atoms with van der Waals surface area (Å²) < 4.78 is 11.1. The Morgan fingerprint density at radius 1 is 1.36 bits per heavy atom. The van der Waals surface area contributed by atoms with Gasteiger partial charge in [0.2, 0.25) is 0 Å². The lowest BCUT2D eigenvalue weighted by molar-refractivity contribution is -0.123. The van der Waals surface area contributed by atoms with E-state index < -0.39 is 0 Å². The van der Waals surface area contributed by atoms with Crippen LogP contribution in [-0.4, -0.2) is 30.1 Å². The van der Waals surface area contributed by atoms with Gasteiger partial charge in [-0.25, -0.2) is 4.98 Å². The average Bonchev–Trinajstić information content (AvgIpc) is 2.95. The SMILES string of the molecule is O=C(COc1cccnc1Cl)NC[C@H]1Cc2ccccc2O1. The van der Waals surface area contributed by atoms with E-state index >= 15 is 0 Å². The van der Waals surface area contributed by atoms with Crippen LogP contribution < -0.4 is 14.8 Å². The summed E-state index contributed by atoms with van der Waals surface area (Å²) in [6, 6.07) is 11.2. The Labute approximate surface area is 133 Å². The van der Waals surface area contributed by atoms with E-state index in [1.807, 2.05) is 24.3 Å². The molecule has 1 aromatic heterocycles. The van der Waals surface area contributed by atoms with Crippen molar-refractivity contribution in [3.05, 3.63) is 53.3 Å². The van der Waals surface area contributed by atoms with Gasteiger partial charge in [0, 0.05) is 12.6 Å². The third kappa shape index (κ3) is 3.49. The zero-order valence-electron chi connectivity index (χ0n) is 11.8. The van der Waals surface area contributed by atoms with Gasteiger partial charge in [0.25, 0.3) is 5.91 Å². The number of nitrogens with zero attached hydrogens (tertiary/aromatic N) is 1. The zero-order chi connectivity index (χ0) is 15.4. The van der Waals surface area contributed by atoms with Crippen LogP contribution in [0, 0.1) is 0 Å². The number of ether oxygens (including phenoxy) is 2. The number of amides is 1. The van der Waals surface area contributed by atoms with Crippen LogP contribution >= 0.6 is 11.6 Å². The Kier molecular flexibility index (Phi) is 4.44. The predicted octanol–water partition coefficient (Wildman–Crippen LogP) is 2.23. The molecule has 1 N–H and O–H groups in total. The number of hydrogen-bond donors (Lipinski definition) is 1. The van der Waals surface area contributed by atoms with Crippen molar-refractivity contribution in [2.75, 3.05) is 13.2 Å². The fourth-order valence-electron chi connectivity index (χ4n) is 2.27. The number of pyridine rings is 1. The van der Waals surface area contributed by atoms with Gasteiger partial charge in [0.1, 0.15) is 11.9 Å². The van der Waals surface area contributed by atoms with E-state index in [0.717, 1.165) is 12.2 Å². The Morgan fingerprint density at radius 2 is 2.23 bits per heavy atom. The van der Waals surface area contributed by atoms with Gasteiger partial charge in [-0.2, -0.15) is 0 Å². The van der Waals surface area contributed by atoms with Crippen LogP contribution in [0.3, 0.4) is 0 Å². The maximum Gasteiger partial charge on any atom is 0.258 e. The molecule has 3 rings (SSSR count). The standard InChI is InChI=1S/C16H15ClN2O3/c17-16-14(6-3-7-18-16)21-10-15(20)19-9-12-8-11-4-1-2-5-13(11)22-12/h1-7,12H,8-10H2,(H,19,20)/t12-/m1/s1. The van der Waals surface area contributed by atoms with Crippen molar-refractivity contribution in [3.63, 3.8) is 0 Å². The molecule has 2 heterocycles. The highest BCUT2D eigenvalue weighted by atomic mass is 35.5. The number of benzene rings is 1. The third-order valence-corrected chi connectivity index (χ3v) is 3.61. The normalized spacial score (nSPS) is 15.8. The molecular formula is C16H15ClN2O3. The first-order valence-corrected chi connectivity index (χ1v) is 7.35. The lowest BCUT2D eigenvalue weighted by atomic mass is 10.1. The molecule has 0 unspecified atom stereocenters. The fraction of sp³-hybridized carbons (Fsp3) is 0.250. The summed E-state index contributed by atoms with van der Waals surface area (Å²) in [6.07, 6.45) is 2.32. The van der Waals surface area contributed by atoms with Gasteiger partial charge in [0.05, 0.1) is 6.54 Å². The van der Waals surface area contributed by atoms with Crippen molar-refractivity contribution in [1.82, 2.24) is 10.3 Å². The molecule has 0 saturated heterocycles. The van der Waals surface area contributed by atoms with Crippen LogP contribution in [0.4, 0.5) is 0 Å². The van der Waals surface area contributed by atoms with Crippen LogP contribution in [0.15, 0.2) is 42.6 Å². The summed E-state index contributed by atoms with van der Waals surface area (Å²) in [7, 11) is 0. The Hall–Kier alpha value is -2.27. The van der Waals surface area contributed by atoms with Crippen molar-refractivity contribution in [2.45, 2.75) is 12.5 Å². The minimum absolute atomic E-state index is 0.0386. The maximum absolute atomic E-state index is 11.8. The van der Waals surface area contributed by atoms with Gasteiger partial charge in [-0.1, -0.05) is 29.8 Å². The fourth-order valence-corrected chi connectivity index (χ4v) is 2.44. The molecule has 0 saturated carbocycles. The number of carbonyl (C=O) groups is 1. The van der Waals surface area contributed by atoms with Crippen LogP contribution in [0.2, 0.25) is 5.15 Å². The van der Waals surface area contributed by atoms with Crippen LogP contribution in [-0.2, 0) is 11.2 Å². The molecule has 1 aliphatic heterocycles. The van der Waals surface area contributed by atoms with Gasteiger partial charge >= 0.3 is 0 Å². The number of rotatable bonds is 5. The highest BCUT2D eigenvalue weighted by Crippen LogP contribution is 2.27. The second-order valence-electron chi connectivity index (χ2n) is 4.94. The Balaban J connectivity index is 1.43.